The molecule has 0 spiro atoms. The summed E-state index contributed by atoms with van der Waals surface area (Å²) in [6.45, 7) is 0. The first kappa shape index (κ1) is 10.9. The van der Waals surface area contributed by atoms with Crippen LogP contribution in [0.3, 0.4) is 0 Å². The van der Waals surface area contributed by atoms with Crippen LogP contribution in [0.4, 0.5) is 0 Å². The van der Waals surface area contributed by atoms with Gasteiger partial charge in [0.25, 0.3) is 0 Å². The Hall–Kier alpha value is -2.20. The molecule has 0 atom stereocenters. The van der Waals surface area contributed by atoms with E-state index < -0.39 is 0 Å². The summed E-state index contributed by atoms with van der Waals surface area (Å²) in [6, 6.07) is 11.1. The third-order valence-electron chi connectivity index (χ3n) is 2.44. The Bertz CT molecular complexity index is 697. The normalized spacial score (nSPS) is 10.5. The van der Waals surface area contributed by atoms with Gasteiger partial charge in [0.2, 0.25) is 5.88 Å². The van der Waals surface area contributed by atoms with Crippen LogP contribution in [0, 0.1) is 0 Å². The molecule has 2 heterocycles. The molecule has 0 saturated carbocycles. The molecule has 2 aromatic heterocycles. The van der Waals surface area contributed by atoms with Crippen LogP contribution in [-0.4, -0.2) is 15.0 Å². The smallest absolute Gasteiger partial charge is 0.230 e. The number of para-hydroxylation sites is 1. The highest BCUT2D eigenvalue weighted by Gasteiger charge is 2.08. The SMILES string of the molecule is Clc1ncccc1Oc1ncnc2ccccc12. The fourth-order valence-corrected chi connectivity index (χ4v) is 1.77. The van der Waals surface area contributed by atoms with Gasteiger partial charge in [0, 0.05) is 6.20 Å². The molecule has 4 nitrogen and oxygen atoms in total. The molecule has 1 aromatic carbocycles. The van der Waals surface area contributed by atoms with E-state index in [4.69, 9.17) is 16.3 Å². The van der Waals surface area contributed by atoms with Gasteiger partial charge < -0.3 is 4.74 Å². The van der Waals surface area contributed by atoms with E-state index in [0.29, 0.717) is 16.8 Å². The lowest BCUT2D eigenvalue weighted by molar-refractivity contribution is 0.466. The minimum Gasteiger partial charge on any atom is -0.435 e. The molecule has 0 aliphatic carbocycles. The van der Waals surface area contributed by atoms with Crippen LogP contribution >= 0.6 is 11.6 Å². The van der Waals surface area contributed by atoms with Gasteiger partial charge in [-0.2, -0.15) is 0 Å². The Kier molecular flexibility index (Phi) is 2.78. The van der Waals surface area contributed by atoms with Crippen LogP contribution in [0.1, 0.15) is 0 Å². The Morgan fingerprint density at radius 3 is 2.72 bits per heavy atom. The van der Waals surface area contributed by atoms with Crippen LogP contribution in [0.15, 0.2) is 48.9 Å². The lowest BCUT2D eigenvalue weighted by atomic mass is 10.2. The molecule has 0 aliphatic heterocycles. The van der Waals surface area contributed by atoms with E-state index in [1.807, 2.05) is 24.3 Å². The van der Waals surface area contributed by atoms with Crippen molar-refractivity contribution in [1.82, 2.24) is 15.0 Å². The second-order valence-corrected chi connectivity index (χ2v) is 3.95. The summed E-state index contributed by atoms with van der Waals surface area (Å²) in [4.78, 5) is 12.2. The topological polar surface area (TPSA) is 47.9 Å². The highest BCUT2D eigenvalue weighted by atomic mass is 35.5. The van der Waals surface area contributed by atoms with Crippen molar-refractivity contribution in [1.29, 1.82) is 0 Å². The van der Waals surface area contributed by atoms with E-state index in [2.05, 4.69) is 15.0 Å². The molecule has 18 heavy (non-hydrogen) atoms. The minimum atomic E-state index is 0.306. The molecule has 3 aromatic rings. The number of benzene rings is 1. The first-order chi connectivity index (χ1) is 8.84. The molecule has 0 N–H and O–H groups in total. The number of pyridine rings is 1. The third-order valence-corrected chi connectivity index (χ3v) is 2.72. The van der Waals surface area contributed by atoms with Crippen molar-refractivity contribution in [2.75, 3.05) is 0 Å². The molecule has 0 radical (unpaired) electrons. The van der Waals surface area contributed by atoms with Crippen molar-refractivity contribution in [2.24, 2.45) is 0 Å². The Balaban J connectivity index is 2.08. The summed E-state index contributed by atoms with van der Waals surface area (Å²) < 4.78 is 5.68. The zero-order chi connectivity index (χ0) is 12.4. The number of aromatic nitrogens is 3. The second kappa shape index (κ2) is 4.58. The van der Waals surface area contributed by atoms with Crippen molar-refractivity contribution >= 4 is 22.5 Å². The third kappa shape index (κ3) is 1.98. The molecule has 0 unspecified atom stereocenters. The Morgan fingerprint density at radius 2 is 1.83 bits per heavy atom. The van der Waals surface area contributed by atoms with Gasteiger partial charge in [0.15, 0.2) is 10.9 Å². The van der Waals surface area contributed by atoms with Crippen molar-refractivity contribution in [3.8, 4) is 11.6 Å². The van der Waals surface area contributed by atoms with Crippen molar-refractivity contribution < 1.29 is 4.74 Å². The summed E-state index contributed by atoms with van der Waals surface area (Å²) in [5.74, 6) is 0.943. The lowest BCUT2D eigenvalue weighted by Crippen LogP contribution is -1.92. The number of fused-ring (bicyclic) bond motifs is 1. The number of halogens is 1. The van der Waals surface area contributed by atoms with Gasteiger partial charge in [0.1, 0.15) is 6.33 Å². The molecule has 0 amide bonds. The molecule has 5 heteroatoms. The second-order valence-electron chi connectivity index (χ2n) is 3.59. The predicted octanol–water partition coefficient (Wildman–Crippen LogP) is 3.47. The number of ether oxygens (including phenoxy) is 1. The number of nitrogens with zero attached hydrogens (tertiary/aromatic N) is 3. The highest BCUT2D eigenvalue weighted by Crippen LogP contribution is 2.29. The monoisotopic (exact) mass is 257 g/mol. The number of rotatable bonds is 2. The largest absolute Gasteiger partial charge is 0.435 e. The molecule has 88 valence electrons. The minimum absolute atomic E-state index is 0.306. The van der Waals surface area contributed by atoms with Gasteiger partial charge in [-0.15, -0.1) is 0 Å². The maximum absolute atomic E-state index is 5.95. The van der Waals surface area contributed by atoms with Gasteiger partial charge in [0.05, 0.1) is 10.9 Å². The molecular formula is C13H8ClN3O. The van der Waals surface area contributed by atoms with Gasteiger partial charge in [-0.3, -0.25) is 0 Å². The van der Waals surface area contributed by atoms with Crippen molar-refractivity contribution in [3.63, 3.8) is 0 Å². The number of hydrogen-bond acceptors (Lipinski definition) is 4. The fourth-order valence-electron chi connectivity index (χ4n) is 1.61. The fraction of sp³-hybridized carbons (Fsp3) is 0. The summed E-state index contributed by atoms with van der Waals surface area (Å²) in [5, 5.41) is 1.14. The summed E-state index contributed by atoms with van der Waals surface area (Å²) in [7, 11) is 0. The molecule has 0 aliphatic rings. The van der Waals surface area contributed by atoms with Gasteiger partial charge in [-0.1, -0.05) is 23.7 Å². The van der Waals surface area contributed by atoms with Crippen LogP contribution in [-0.2, 0) is 0 Å². The summed E-state index contributed by atoms with van der Waals surface area (Å²) in [5.41, 5.74) is 0.822. The summed E-state index contributed by atoms with van der Waals surface area (Å²) in [6.07, 6.45) is 3.06. The first-order valence-corrected chi connectivity index (χ1v) is 5.70. The first-order valence-electron chi connectivity index (χ1n) is 5.33. The van der Waals surface area contributed by atoms with Crippen LogP contribution in [0.25, 0.3) is 10.9 Å². The van der Waals surface area contributed by atoms with Crippen LogP contribution < -0.4 is 4.74 Å². The predicted molar refractivity (Wildman–Crippen MR) is 68.9 cm³/mol. The van der Waals surface area contributed by atoms with E-state index in [1.165, 1.54) is 6.33 Å². The zero-order valence-corrected chi connectivity index (χ0v) is 10.0. The van der Waals surface area contributed by atoms with E-state index >= 15 is 0 Å². The maximum atomic E-state index is 5.95. The van der Waals surface area contributed by atoms with Crippen molar-refractivity contribution in [2.45, 2.75) is 0 Å². The van der Waals surface area contributed by atoms with Crippen LogP contribution in [0.2, 0.25) is 5.15 Å². The lowest BCUT2D eigenvalue weighted by Gasteiger charge is -2.07. The molecule has 3 rings (SSSR count). The number of hydrogen-bond donors (Lipinski definition) is 0. The zero-order valence-electron chi connectivity index (χ0n) is 9.25. The Labute approximate surface area is 108 Å². The van der Waals surface area contributed by atoms with Gasteiger partial charge >= 0.3 is 0 Å². The quantitative estimate of drug-likeness (QED) is 0.660. The van der Waals surface area contributed by atoms with Crippen molar-refractivity contribution in [3.05, 3.63) is 54.1 Å². The van der Waals surface area contributed by atoms with E-state index in [0.717, 1.165) is 10.9 Å². The van der Waals surface area contributed by atoms with Gasteiger partial charge in [-0.05, 0) is 24.3 Å². The molecular weight excluding hydrogens is 250 g/mol. The molecule has 0 fully saturated rings. The van der Waals surface area contributed by atoms with Gasteiger partial charge in [-0.25, -0.2) is 15.0 Å². The average molecular weight is 258 g/mol. The molecule has 0 bridgehead atoms. The van der Waals surface area contributed by atoms with E-state index in [9.17, 15) is 0 Å². The standard InChI is InChI=1S/C13H8ClN3O/c14-12-11(6-3-7-15-12)18-13-9-4-1-2-5-10(9)16-8-17-13/h1-8H. The average Bonchev–Trinajstić information content (AvgIpc) is 2.42. The maximum Gasteiger partial charge on any atom is 0.230 e. The van der Waals surface area contributed by atoms with E-state index in [-0.39, 0.29) is 0 Å². The highest BCUT2D eigenvalue weighted by molar-refractivity contribution is 6.30. The van der Waals surface area contributed by atoms with Crippen LogP contribution in [0.5, 0.6) is 11.6 Å². The molecule has 0 saturated heterocycles. The summed E-state index contributed by atoms with van der Waals surface area (Å²) >= 11 is 5.95. The Morgan fingerprint density at radius 1 is 0.944 bits per heavy atom. The van der Waals surface area contributed by atoms with E-state index in [1.54, 1.807) is 18.3 Å².